The number of hydrogen-bond donors (Lipinski definition) is 0. The first-order chi connectivity index (χ1) is 46.1. The fourth-order valence-corrected chi connectivity index (χ4v) is 12.9. The Hall–Kier alpha value is -12.8. The highest BCUT2D eigenvalue weighted by Gasteiger charge is 2.32. The predicted molar refractivity (Wildman–Crippen MR) is 370 cm³/mol. The molecule has 0 saturated carbocycles. The van der Waals surface area contributed by atoms with Crippen LogP contribution in [0.4, 0.5) is 13.2 Å². The van der Waals surface area contributed by atoms with Crippen molar-refractivity contribution in [1.29, 1.82) is 10.5 Å². The number of rotatable bonds is 11. The largest absolute Gasteiger partial charge is 0.416 e. The lowest BCUT2D eigenvalue weighted by molar-refractivity contribution is -0.137. The summed E-state index contributed by atoms with van der Waals surface area (Å²) in [6.07, 6.45) is -4.81. The van der Waals surface area contributed by atoms with Gasteiger partial charge in [-0.2, -0.15) is 23.7 Å². The third kappa shape index (κ3) is 10.3. The zero-order chi connectivity index (χ0) is 63.4. The Kier molecular flexibility index (Phi) is 13.9. The first kappa shape index (κ1) is 56.4. The number of aromatic nitrogens is 6. The minimum Gasteiger partial charge on any atom is -0.308 e. The van der Waals surface area contributed by atoms with Gasteiger partial charge in [-0.25, -0.2) is 19.9 Å². The molecule has 0 bridgehead atoms. The van der Waals surface area contributed by atoms with Crippen molar-refractivity contribution in [2.75, 3.05) is 0 Å². The summed E-state index contributed by atoms with van der Waals surface area (Å²) in [6, 6.07) is 100.0. The van der Waals surface area contributed by atoms with E-state index in [1.165, 1.54) is 6.07 Å². The van der Waals surface area contributed by atoms with E-state index in [0.717, 1.165) is 101 Å². The maximum atomic E-state index is 15.2. The first-order valence-electron chi connectivity index (χ1n) is 30.6. The number of alkyl halides is 3. The van der Waals surface area contributed by atoms with Crippen LogP contribution in [0.15, 0.2) is 297 Å². The average molecular weight is 1220 g/mol. The molecule has 0 radical (unpaired) electrons. The van der Waals surface area contributed by atoms with Gasteiger partial charge >= 0.3 is 6.18 Å². The van der Waals surface area contributed by atoms with E-state index in [1.807, 2.05) is 234 Å². The third-order valence-electron chi connectivity index (χ3n) is 17.4. The van der Waals surface area contributed by atoms with E-state index >= 15 is 13.2 Å². The van der Waals surface area contributed by atoms with Gasteiger partial charge in [-0.05, 0) is 114 Å². The molecule has 0 aliphatic carbocycles. The topological polar surface area (TPSA) is 109 Å². The Balaban J connectivity index is 1.01. The molecule has 0 N–H and O–H groups in total. The van der Waals surface area contributed by atoms with Crippen LogP contribution in [0.2, 0.25) is 0 Å². The van der Waals surface area contributed by atoms with Crippen molar-refractivity contribution in [2.45, 2.75) is 6.18 Å². The zero-order valence-electron chi connectivity index (χ0n) is 50.0. The summed E-state index contributed by atoms with van der Waals surface area (Å²) in [6.45, 7) is 0. The van der Waals surface area contributed by atoms with Crippen LogP contribution in [0.3, 0.4) is 0 Å². The fraction of sp³-hybridized carbons (Fsp3) is 0.0120. The quantitative estimate of drug-likeness (QED) is 0.128. The summed E-state index contributed by atoms with van der Waals surface area (Å²) in [5.41, 5.74) is 15.9. The van der Waals surface area contributed by atoms with Crippen molar-refractivity contribution in [2.24, 2.45) is 0 Å². The number of benzene rings is 10. The molecule has 11 heteroatoms. The highest BCUT2D eigenvalue weighted by atomic mass is 19.4. The van der Waals surface area contributed by atoms with E-state index < -0.39 is 11.7 Å². The number of halogens is 3. The van der Waals surface area contributed by atoms with Crippen molar-refractivity contribution in [3.8, 4) is 125 Å². The summed E-state index contributed by atoms with van der Waals surface area (Å²) < 4.78 is 49.8. The predicted octanol–water partition coefficient (Wildman–Crippen LogP) is 21.2. The van der Waals surface area contributed by atoms with E-state index in [1.54, 1.807) is 12.1 Å². The van der Waals surface area contributed by atoms with E-state index in [0.29, 0.717) is 61.8 Å². The van der Waals surface area contributed by atoms with Gasteiger partial charge in [-0.3, -0.25) is 0 Å². The second-order valence-electron chi connectivity index (χ2n) is 23.1. The van der Waals surface area contributed by atoms with E-state index in [9.17, 15) is 10.5 Å². The van der Waals surface area contributed by atoms with Crippen LogP contribution in [0.5, 0.6) is 0 Å². The number of fused-ring (bicyclic) bond motifs is 6. The smallest absolute Gasteiger partial charge is 0.308 e. The molecule has 0 aliphatic rings. The van der Waals surface area contributed by atoms with Gasteiger partial charge in [0, 0.05) is 66.1 Å². The Labute approximate surface area is 538 Å². The summed E-state index contributed by atoms with van der Waals surface area (Å²) >= 11 is 0. The van der Waals surface area contributed by atoms with Crippen LogP contribution < -0.4 is 0 Å². The number of nitriles is 2. The number of hydrogen-bond acceptors (Lipinski definition) is 6. The molecule has 0 fully saturated rings. The van der Waals surface area contributed by atoms with Gasteiger partial charge < -0.3 is 9.13 Å². The molecule has 0 amide bonds. The normalized spacial score (nSPS) is 11.5. The molecule has 6 heterocycles. The Morgan fingerprint density at radius 2 is 0.553 bits per heavy atom. The van der Waals surface area contributed by atoms with Crippen molar-refractivity contribution < 1.29 is 13.2 Å². The summed E-state index contributed by atoms with van der Waals surface area (Å²) in [5, 5.41) is 26.2. The lowest BCUT2D eigenvalue weighted by atomic mass is 9.96. The van der Waals surface area contributed by atoms with Gasteiger partial charge in [0.1, 0.15) is 11.6 Å². The molecule has 0 aliphatic heterocycles. The maximum Gasteiger partial charge on any atom is 0.416 e. The summed E-state index contributed by atoms with van der Waals surface area (Å²) in [4.78, 5) is 20.8. The molecule has 442 valence electrons. The standard InChI is InChI=1S/C83H49F3N8/c84-83(85,86)63-42-52(50-87)41-61(43-63)62-48-81(93-77-44-57(73-29-13-25-69(89-73)53-17-5-1-6-18-53)33-37-64(77)65-38-34-58(45-78(65)93)74-30-14-26-70(90-74)54-19-7-2-8-20-54)68(51-88)82(49-62)94-79-46-59(75-31-15-27-71(91-75)55-21-9-3-10-22-55)35-39-66(79)67-40-36-60(47-80(67)94)76-32-16-28-72(92-76)56-23-11-4-12-24-56/h1-49H. The van der Waals surface area contributed by atoms with Gasteiger partial charge in [0.05, 0.1) is 96.2 Å². The van der Waals surface area contributed by atoms with E-state index in [-0.39, 0.29) is 16.7 Å². The molecule has 0 saturated heterocycles. The monoisotopic (exact) mass is 1210 g/mol. The lowest BCUT2D eigenvalue weighted by Gasteiger charge is -2.19. The van der Waals surface area contributed by atoms with E-state index in [2.05, 4.69) is 54.6 Å². The van der Waals surface area contributed by atoms with Crippen molar-refractivity contribution in [3.63, 3.8) is 0 Å². The summed E-state index contributed by atoms with van der Waals surface area (Å²) in [5.74, 6) is 0. The number of nitrogens with zero attached hydrogens (tertiary/aromatic N) is 8. The molecular weight excluding hydrogens is 1170 g/mol. The van der Waals surface area contributed by atoms with Crippen LogP contribution in [0, 0.1) is 22.7 Å². The fourth-order valence-electron chi connectivity index (χ4n) is 12.9. The van der Waals surface area contributed by atoms with Crippen molar-refractivity contribution in [3.05, 3.63) is 314 Å². The minimum atomic E-state index is -4.81. The summed E-state index contributed by atoms with van der Waals surface area (Å²) in [7, 11) is 0. The van der Waals surface area contributed by atoms with Crippen molar-refractivity contribution >= 4 is 43.6 Å². The van der Waals surface area contributed by atoms with Crippen LogP contribution in [0.25, 0.3) is 156 Å². The highest BCUT2D eigenvalue weighted by Crippen LogP contribution is 2.45. The van der Waals surface area contributed by atoms with Gasteiger partial charge in [0.2, 0.25) is 0 Å². The van der Waals surface area contributed by atoms with Gasteiger partial charge in [-0.1, -0.05) is 194 Å². The number of pyridine rings is 4. The second kappa shape index (κ2) is 23.2. The molecular formula is C83H49F3N8. The molecule has 16 rings (SSSR count). The van der Waals surface area contributed by atoms with Crippen LogP contribution >= 0.6 is 0 Å². The Bertz CT molecular complexity index is 5160. The SMILES string of the molecule is N#Cc1cc(-c2cc(-n3c4cc(-c5cccc(-c6ccccc6)n5)ccc4c4ccc(-c5cccc(-c6ccccc6)n5)cc43)c(C#N)c(-n3c4cc(-c5cccc(-c6ccccc6)n5)ccc4c4ccc(-c5cccc(-c6ccccc6)n5)cc43)c2)cc(C(F)(F)F)c1. The van der Waals surface area contributed by atoms with Crippen LogP contribution in [-0.2, 0) is 6.18 Å². The molecule has 6 aromatic heterocycles. The van der Waals surface area contributed by atoms with Crippen LogP contribution in [-0.4, -0.2) is 29.1 Å². The molecule has 16 aromatic rings. The lowest BCUT2D eigenvalue weighted by Crippen LogP contribution is -2.07. The third-order valence-corrected chi connectivity index (χ3v) is 17.4. The van der Waals surface area contributed by atoms with E-state index in [4.69, 9.17) is 19.9 Å². The van der Waals surface area contributed by atoms with Gasteiger partial charge in [0.25, 0.3) is 0 Å². The molecule has 8 nitrogen and oxygen atoms in total. The first-order valence-corrected chi connectivity index (χ1v) is 30.6. The highest BCUT2D eigenvalue weighted by molar-refractivity contribution is 6.13. The van der Waals surface area contributed by atoms with Gasteiger partial charge in [0.15, 0.2) is 0 Å². The Morgan fingerprint density at radius 3 is 0.830 bits per heavy atom. The molecule has 0 unspecified atom stereocenters. The molecule has 10 aromatic carbocycles. The second-order valence-corrected chi connectivity index (χ2v) is 23.1. The molecule has 94 heavy (non-hydrogen) atoms. The molecule has 0 atom stereocenters. The zero-order valence-corrected chi connectivity index (χ0v) is 50.0. The van der Waals surface area contributed by atoms with Crippen molar-refractivity contribution in [1.82, 2.24) is 29.1 Å². The molecule has 0 spiro atoms. The van der Waals surface area contributed by atoms with Crippen LogP contribution in [0.1, 0.15) is 16.7 Å². The maximum absolute atomic E-state index is 15.2. The van der Waals surface area contributed by atoms with Gasteiger partial charge in [-0.15, -0.1) is 0 Å². The minimum absolute atomic E-state index is 0.121. The average Bonchev–Trinajstić information content (AvgIpc) is 1.55. The Morgan fingerprint density at radius 1 is 0.266 bits per heavy atom.